The van der Waals surface area contributed by atoms with Crippen LogP contribution in [0.2, 0.25) is 0 Å². The Balaban J connectivity index is 1.64. The number of ketones is 1. The number of Topliss-reactive ketones (excluding diaryl/α,β-unsaturated/α-hetero) is 1. The minimum absolute atomic E-state index is 0.0526. The van der Waals surface area contributed by atoms with Crippen LogP contribution in [0, 0.1) is 0 Å². The van der Waals surface area contributed by atoms with Gasteiger partial charge in [-0.1, -0.05) is 34.1 Å². The van der Waals surface area contributed by atoms with Gasteiger partial charge in [0, 0.05) is 15.6 Å². The molecule has 1 aliphatic heterocycles. The molecule has 2 aromatic carbocycles. The van der Waals surface area contributed by atoms with E-state index in [1.807, 2.05) is 6.07 Å². The van der Waals surface area contributed by atoms with Gasteiger partial charge in [0.1, 0.15) is 24.0 Å². The number of benzene rings is 2. The summed E-state index contributed by atoms with van der Waals surface area (Å²) < 4.78 is 6.21. The van der Waals surface area contributed by atoms with Gasteiger partial charge in [-0.2, -0.15) is 0 Å². The summed E-state index contributed by atoms with van der Waals surface area (Å²) in [5.41, 5.74) is -0.0268. The van der Waals surface area contributed by atoms with Crippen LogP contribution in [0.3, 0.4) is 0 Å². The molecule has 1 fully saturated rings. The Morgan fingerprint density at radius 3 is 2.48 bits per heavy atom. The first kappa shape index (κ1) is 21.0. The molecule has 3 amide bonds. The first-order chi connectivity index (χ1) is 13.7. The minimum atomic E-state index is -1.22. The van der Waals surface area contributed by atoms with E-state index in [0.717, 1.165) is 4.90 Å². The Morgan fingerprint density at radius 1 is 1.21 bits per heavy atom. The second-order valence-electron chi connectivity index (χ2n) is 7.00. The number of rotatable bonds is 7. The number of aliphatic hydroxyl groups excluding tert-OH is 1. The predicted octanol–water partition coefficient (Wildman–Crippen LogP) is 2.86. The number of carbonyl (C=O) groups is 3. The van der Waals surface area contributed by atoms with E-state index in [1.54, 1.807) is 49.4 Å². The third-order valence-electron chi connectivity index (χ3n) is 4.78. The fraction of sp³-hybridized carbons (Fsp3) is 0.286. The number of amides is 3. The van der Waals surface area contributed by atoms with Gasteiger partial charge in [0.2, 0.25) is 0 Å². The maximum Gasteiger partial charge on any atom is 0.325 e. The number of nitrogens with one attached hydrogen (secondary N) is 1. The third kappa shape index (κ3) is 4.33. The van der Waals surface area contributed by atoms with Gasteiger partial charge in [-0.25, -0.2) is 4.79 Å². The molecule has 0 aromatic heterocycles. The molecule has 2 aromatic rings. The molecule has 8 heteroatoms. The summed E-state index contributed by atoms with van der Waals surface area (Å²) in [4.78, 5) is 37.6. The first-order valence-electron chi connectivity index (χ1n) is 9.03. The molecule has 0 saturated carbocycles. The van der Waals surface area contributed by atoms with Gasteiger partial charge in [0.15, 0.2) is 5.78 Å². The molecule has 152 valence electrons. The Hall–Kier alpha value is -2.71. The molecule has 1 aliphatic rings. The molecule has 1 heterocycles. The summed E-state index contributed by atoms with van der Waals surface area (Å²) in [7, 11) is 0. The van der Waals surface area contributed by atoms with E-state index in [4.69, 9.17) is 4.74 Å². The average molecular weight is 461 g/mol. The summed E-state index contributed by atoms with van der Waals surface area (Å²) in [6.07, 6.45) is -1.07. The SMILES string of the molecule is CC(=O)c1ccc(OC[C@@H](O)CN2C(=O)N[C@](C)(c3ccccc3Br)C2=O)cc1. The topological polar surface area (TPSA) is 95.9 Å². The molecule has 0 aliphatic carbocycles. The zero-order valence-corrected chi connectivity index (χ0v) is 17.6. The van der Waals surface area contributed by atoms with Crippen LogP contribution in [-0.4, -0.2) is 47.0 Å². The fourth-order valence-electron chi connectivity index (χ4n) is 3.15. The highest BCUT2D eigenvalue weighted by molar-refractivity contribution is 9.10. The number of nitrogens with zero attached hydrogens (tertiary/aromatic N) is 1. The average Bonchev–Trinajstić information content (AvgIpc) is 2.90. The Bertz CT molecular complexity index is 946. The van der Waals surface area contributed by atoms with Crippen LogP contribution in [-0.2, 0) is 10.3 Å². The highest BCUT2D eigenvalue weighted by Crippen LogP contribution is 2.33. The quantitative estimate of drug-likeness (QED) is 0.489. The van der Waals surface area contributed by atoms with Crippen molar-refractivity contribution in [3.8, 4) is 5.75 Å². The number of carbonyl (C=O) groups excluding carboxylic acids is 3. The lowest BCUT2D eigenvalue weighted by Crippen LogP contribution is -2.43. The van der Waals surface area contributed by atoms with E-state index in [2.05, 4.69) is 21.2 Å². The number of halogens is 1. The smallest absolute Gasteiger partial charge is 0.325 e. The Morgan fingerprint density at radius 2 is 1.86 bits per heavy atom. The van der Waals surface area contributed by atoms with Crippen molar-refractivity contribution in [2.45, 2.75) is 25.5 Å². The molecule has 2 atom stereocenters. The lowest BCUT2D eigenvalue weighted by Gasteiger charge is -2.24. The van der Waals surface area contributed by atoms with Crippen molar-refractivity contribution >= 4 is 33.7 Å². The van der Waals surface area contributed by atoms with Gasteiger partial charge >= 0.3 is 6.03 Å². The number of β-amino-alcohol motifs (C(OH)–C–C–N with tert-alkyl or cyclic N) is 1. The maximum absolute atomic E-state index is 12.9. The number of aliphatic hydroxyl groups is 1. The van der Waals surface area contributed by atoms with Gasteiger partial charge in [0.05, 0.1) is 6.54 Å². The summed E-state index contributed by atoms with van der Waals surface area (Å²) in [6, 6.07) is 13.1. The van der Waals surface area contributed by atoms with Crippen molar-refractivity contribution in [3.63, 3.8) is 0 Å². The van der Waals surface area contributed by atoms with E-state index in [9.17, 15) is 19.5 Å². The molecule has 7 nitrogen and oxygen atoms in total. The van der Waals surface area contributed by atoms with E-state index < -0.39 is 23.6 Å². The molecular formula is C21H21BrN2O5. The molecular weight excluding hydrogens is 440 g/mol. The van der Waals surface area contributed by atoms with E-state index in [1.165, 1.54) is 6.92 Å². The van der Waals surface area contributed by atoms with Crippen molar-refractivity contribution in [3.05, 3.63) is 64.1 Å². The lowest BCUT2D eigenvalue weighted by molar-refractivity contribution is -0.132. The van der Waals surface area contributed by atoms with Gasteiger partial charge in [-0.15, -0.1) is 0 Å². The minimum Gasteiger partial charge on any atom is -0.491 e. The van der Waals surface area contributed by atoms with E-state index in [0.29, 0.717) is 21.3 Å². The second-order valence-corrected chi connectivity index (χ2v) is 7.85. The standard InChI is InChI=1S/C21H21BrN2O5/c1-13(25)14-7-9-16(10-8-14)29-12-15(26)11-24-19(27)21(2,23-20(24)28)17-5-3-4-6-18(17)22/h3-10,15,26H,11-12H2,1-2H3,(H,23,28)/t15-,21+/m0/s1. The molecule has 0 bridgehead atoms. The van der Waals surface area contributed by atoms with Gasteiger partial charge in [0.25, 0.3) is 5.91 Å². The van der Waals surface area contributed by atoms with Crippen LogP contribution in [0.25, 0.3) is 0 Å². The lowest BCUT2D eigenvalue weighted by atomic mass is 9.92. The third-order valence-corrected chi connectivity index (χ3v) is 5.48. The summed E-state index contributed by atoms with van der Waals surface area (Å²) >= 11 is 3.41. The van der Waals surface area contributed by atoms with Crippen molar-refractivity contribution in [2.75, 3.05) is 13.2 Å². The van der Waals surface area contributed by atoms with Gasteiger partial charge < -0.3 is 15.2 Å². The number of hydrogen-bond donors (Lipinski definition) is 2. The molecule has 2 N–H and O–H groups in total. The highest BCUT2D eigenvalue weighted by Gasteiger charge is 2.50. The zero-order chi connectivity index (χ0) is 21.2. The Kier molecular flexibility index (Phi) is 6.04. The van der Waals surface area contributed by atoms with Crippen molar-refractivity contribution in [2.24, 2.45) is 0 Å². The van der Waals surface area contributed by atoms with Crippen LogP contribution in [0.1, 0.15) is 29.8 Å². The number of urea groups is 1. The fourth-order valence-corrected chi connectivity index (χ4v) is 3.84. The predicted molar refractivity (Wildman–Crippen MR) is 110 cm³/mol. The summed E-state index contributed by atoms with van der Waals surface area (Å²) in [5.74, 6) is -0.0215. The number of ether oxygens (including phenoxy) is 1. The number of imide groups is 1. The van der Waals surface area contributed by atoms with Gasteiger partial charge in [-0.3, -0.25) is 14.5 Å². The van der Waals surface area contributed by atoms with Crippen LogP contribution in [0.5, 0.6) is 5.75 Å². The first-order valence-corrected chi connectivity index (χ1v) is 9.82. The number of hydrogen-bond acceptors (Lipinski definition) is 5. The monoisotopic (exact) mass is 460 g/mol. The second kappa shape index (κ2) is 8.34. The largest absolute Gasteiger partial charge is 0.491 e. The van der Waals surface area contributed by atoms with Crippen LogP contribution in [0.4, 0.5) is 4.79 Å². The Labute approximate surface area is 176 Å². The molecule has 1 saturated heterocycles. The molecule has 0 spiro atoms. The van der Waals surface area contributed by atoms with Crippen LogP contribution < -0.4 is 10.1 Å². The van der Waals surface area contributed by atoms with Crippen molar-refractivity contribution in [1.82, 2.24) is 10.2 Å². The van der Waals surface area contributed by atoms with E-state index >= 15 is 0 Å². The van der Waals surface area contributed by atoms with Crippen molar-refractivity contribution < 1.29 is 24.2 Å². The summed E-state index contributed by atoms with van der Waals surface area (Å²) in [5, 5.41) is 13.0. The maximum atomic E-state index is 12.9. The molecule has 29 heavy (non-hydrogen) atoms. The molecule has 0 radical (unpaired) electrons. The van der Waals surface area contributed by atoms with Crippen LogP contribution in [0.15, 0.2) is 53.0 Å². The zero-order valence-electron chi connectivity index (χ0n) is 16.0. The summed E-state index contributed by atoms with van der Waals surface area (Å²) in [6.45, 7) is 2.80. The van der Waals surface area contributed by atoms with Gasteiger partial charge in [-0.05, 0) is 44.2 Å². The molecule has 0 unspecified atom stereocenters. The van der Waals surface area contributed by atoms with Crippen molar-refractivity contribution in [1.29, 1.82) is 0 Å². The van der Waals surface area contributed by atoms with Crippen LogP contribution >= 0.6 is 15.9 Å². The molecule has 3 rings (SSSR count). The normalized spacial score (nSPS) is 19.8. The highest BCUT2D eigenvalue weighted by atomic mass is 79.9. The van der Waals surface area contributed by atoms with E-state index in [-0.39, 0.29) is 18.9 Å².